The van der Waals surface area contributed by atoms with Gasteiger partial charge in [0.05, 0.1) is 24.3 Å². The third-order valence-electron chi connectivity index (χ3n) is 4.83. The lowest BCUT2D eigenvalue weighted by Crippen LogP contribution is -2.42. The van der Waals surface area contributed by atoms with Crippen LogP contribution in [0.25, 0.3) is 11.0 Å². The molecule has 8 heteroatoms. The molecule has 2 N–H and O–H groups in total. The molecule has 1 amide bonds. The van der Waals surface area contributed by atoms with Gasteiger partial charge in [0.1, 0.15) is 5.75 Å². The van der Waals surface area contributed by atoms with Crippen LogP contribution < -0.4 is 15.6 Å². The van der Waals surface area contributed by atoms with E-state index in [-0.39, 0.29) is 5.56 Å². The van der Waals surface area contributed by atoms with Crippen LogP contribution in [-0.2, 0) is 6.54 Å². The van der Waals surface area contributed by atoms with Gasteiger partial charge in [0, 0.05) is 38.3 Å². The molecule has 1 saturated heterocycles. The molecule has 1 fully saturated rings. The molecular formula is C18H24N4O4. The fourth-order valence-corrected chi connectivity index (χ4v) is 3.49. The van der Waals surface area contributed by atoms with E-state index in [0.29, 0.717) is 24.8 Å². The van der Waals surface area contributed by atoms with Crippen LogP contribution in [0.15, 0.2) is 29.2 Å². The summed E-state index contributed by atoms with van der Waals surface area (Å²) in [6, 6.07) is 5.10. The molecule has 0 radical (unpaired) electrons. The molecule has 26 heavy (non-hydrogen) atoms. The highest BCUT2D eigenvalue weighted by atomic mass is 16.5. The number of fused-ring (bicyclic) bond motifs is 1. The molecule has 2 aromatic rings. The Morgan fingerprint density at radius 2 is 2.27 bits per heavy atom. The zero-order valence-electron chi connectivity index (χ0n) is 14.9. The van der Waals surface area contributed by atoms with Crippen LogP contribution in [0.1, 0.15) is 12.8 Å². The number of pyridine rings is 2. The number of rotatable bonds is 6. The van der Waals surface area contributed by atoms with Gasteiger partial charge < -0.3 is 24.6 Å². The van der Waals surface area contributed by atoms with E-state index in [1.54, 1.807) is 23.9 Å². The largest absolute Gasteiger partial charge is 0.495 e. The van der Waals surface area contributed by atoms with Crippen LogP contribution in [0.5, 0.6) is 5.75 Å². The highest BCUT2D eigenvalue weighted by Crippen LogP contribution is 2.18. The van der Waals surface area contributed by atoms with Gasteiger partial charge in [-0.25, -0.2) is 4.79 Å². The molecule has 2 aromatic heterocycles. The topological polar surface area (TPSA) is 96.7 Å². The standard InChI is InChI=1S/C18H24N4O4/c1-26-14-9-16-15(19-11-14)4-5-17(23)22(16)8-7-21-6-2-3-13(12-21)10-20-18(24)25/h4-5,9,11,13,20H,2-3,6-8,10,12H2,1H3,(H,24,25). The van der Waals surface area contributed by atoms with Crippen LogP contribution in [0, 0.1) is 5.92 Å². The first-order chi connectivity index (χ1) is 12.6. The summed E-state index contributed by atoms with van der Waals surface area (Å²) in [6.07, 6.45) is 2.71. The first kappa shape index (κ1) is 18.2. The summed E-state index contributed by atoms with van der Waals surface area (Å²) in [7, 11) is 1.58. The SMILES string of the molecule is COc1cnc2ccc(=O)n(CCN3CCCC(CNC(=O)O)C3)c2c1. The van der Waals surface area contributed by atoms with Gasteiger partial charge in [-0.05, 0) is 31.4 Å². The predicted molar refractivity (Wildman–Crippen MR) is 97.7 cm³/mol. The lowest BCUT2D eigenvalue weighted by atomic mass is 9.98. The maximum absolute atomic E-state index is 12.3. The van der Waals surface area contributed by atoms with Crippen molar-refractivity contribution in [1.82, 2.24) is 19.8 Å². The summed E-state index contributed by atoms with van der Waals surface area (Å²) >= 11 is 0. The van der Waals surface area contributed by atoms with E-state index >= 15 is 0 Å². The summed E-state index contributed by atoms with van der Waals surface area (Å²) in [5.41, 5.74) is 1.46. The second-order valence-corrected chi connectivity index (χ2v) is 6.60. The number of nitrogens with one attached hydrogen (secondary N) is 1. The number of hydrogen-bond donors (Lipinski definition) is 2. The van der Waals surface area contributed by atoms with E-state index in [9.17, 15) is 9.59 Å². The lowest BCUT2D eigenvalue weighted by molar-refractivity contribution is 0.159. The number of hydrogen-bond acceptors (Lipinski definition) is 5. The maximum atomic E-state index is 12.3. The first-order valence-corrected chi connectivity index (χ1v) is 8.79. The third kappa shape index (κ3) is 4.32. The molecule has 0 aliphatic carbocycles. The molecule has 3 heterocycles. The number of aromatic nitrogens is 2. The monoisotopic (exact) mass is 360 g/mol. The number of carboxylic acid groups (broad SMARTS) is 1. The van der Waals surface area contributed by atoms with E-state index < -0.39 is 6.09 Å². The van der Waals surface area contributed by atoms with Gasteiger partial charge in [0.15, 0.2) is 0 Å². The molecule has 0 aromatic carbocycles. The molecule has 8 nitrogen and oxygen atoms in total. The zero-order chi connectivity index (χ0) is 18.5. The van der Waals surface area contributed by atoms with E-state index in [2.05, 4.69) is 15.2 Å². The Hall–Kier alpha value is -2.61. The number of methoxy groups -OCH3 is 1. The van der Waals surface area contributed by atoms with E-state index in [1.807, 2.05) is 6.07 Å². The summed E-state index contributed by atoms with van der Waals surface area (Å²) < 4.78 is 6.95. The van der Waals surface area contributed by atoms with Gasteiger partial charge >= 0.3 is 6.09 Å². The van der Waals surface area contributed by atoms with Crippen molar-refractivity contribution in [2.75, 3.05) is 33.3 Å². The van der Waals surface area contributed by atoms with Crippen LogP contribution in [0.4, 0.5) is 4.79 Å². The molecule has 1 aliphatic heterocycles. The van der Waals surface area contributed by atoms with Crippen LogP contribution in [-0.4, -0.2) is 58.9 Å². The average molecular weight is 360 g/mol. The summed E-state index contributed by atoms with van der Waals surface area (Å²) in [5.74, 6) is 0.931. The quantitative estimate of drug-likeness (QED) is 0.808. The molecule has 140 valence electrons. The highest BCUT2D eigenvalue weighted by Gasteiger charge is 2.20. The van der Waals surface area contributed by atoms with Crippen LogP contribution >= 0.6 is 0 Å². The minimum Gasteiger partial charge on any atom is -0.495 e. The molecular weight excluding hydrogens is 336 g/mol. The van der Waals surface area contributed by atoms with Gasteiger partial charge in [0.25, 0.3) is 5.56 Å². The van der Waals surface area contributed by atoms with Gasteiger partial charge in [0.2, 0.25) is 0 Å². The van der Waals surface area contributed by atoms with Crippen molar-refractivity contribution in [2.45, 2.75) is 19.4 Å². The molecule has 1 unspecified atom stereocenters. The summed E-state index contributed by atoms with van der Waals surface area (Å²) in [4.78, 5) is 29.6. The molecule has 0 saturated carbocycles. The minimum atomic E-state index is -0.981. The molecule has 1 atom stereocenters. The summed E-state index contributed by atoms with van der Waals surface area (Å²) in [5, 5.41) is 11.2. The van der Waals surface area contributed by atoms with Crippen molar-refractivity contribution >= 4 is 17.1 Å². The Bertz CT molecular complexity index is 836. The fourth-order valence-electron chi connectivity index (χ4n) is 3.49. The Balaban J connectivity index is 1.70. The van der Waals surface area contributed by atoms with E-state index in [0.717, 1.165) is 43.5 Å². The van der Waals surface area contributed by atoms with Crippen molar-refractivity contribution < 1.29 is 14.6 Å². The van der Waals surface area contributed by atoms with Gasteiger partial charge in [-0.1, -0.05) is 0 Å². The number of likely N-dealkylation sites (tertiary alicyclic amines) is 1. The second-order valence-electron chi connectivity index (χ2n) is 6.60. The number of carbonyl (C=O) groups is 1. The second kappa shape index (κ2) is 8.18. The molecule has 0 spiro atoms. The smallest absolute Gasteiger partial charge is 0.404 e. The normalized spacial score (nSPS) is 18.0. The van der Waals surface area contributed by atoms with Gasteiger partial charge in [-0.15, -0.1) is 0 Å². The molecule has 1 aliphatic rings. The van der Waals surface area contributed by atoms with E-state index in [4.69, 9.17) is 9.84 Å². The van der Waals surface area contributed by atoms with Gasteiger partial charge in [-0.3, -0.25) is 9.78 Å². The predicted octanol–water partition coefficient (Wildman–Crippen LogP) is 1.38. The lowest BCUT2D eigenvalue weighted by Gasteiger charge is -2.32. The maximum Gasteiger partial charge on any atom is 0.404 e. The molecule has 0 bridgehead atoms. The van der Waals surface area contributed by atoms with Crippen molar-refractivity contribution in [1.29, 1.82) is 0 Å². The van der Waals surface area contributed by atoms with Crippen LogP contribution in [0.3, 0.4) is 0 Å². The number of ether oxygens (including phenoxy) is 1. The van der Waals surface area contributed by atoms with E-state index in [1.165, 1.54) is 6.07 Å². The Labute approximate surface area is 151 Å². The Morgan fingerprint density at radius 1 is 1.42 bits per heavy atom. The fraction of sp³-hybridized carbons (Fsp3) is 0.500. The van der Waals surface area contributed by atoms with Crippen molar-refractivity contribution in [3.63, 3.8) is 0 Å². The Morgan fingerprint density at radius 3 is 3.04 bits per heavy atom. The first-order valence-electron chi connectivity index (χ1n) is 8.79. The average Bonchev–Trinajstić information content (AvgIpc) is 2.65. The highest BCUT2D eigenvalue weighted by molar-refractivity contribution is 5.75. The van der Waals surface area contributed by atoms with Crippen molar-refractivity contribution in [2.24, 2.45) is 5.92 Å². The zero-order valence-corrected chi connectivity index (χ0v) is 14.9. The van der Waals surface area contributed by atoms with Crippen LogP contribution in [0.2, 0.25) is 0 Å². The number of piperidine rings is 1. The minimum absolute atomic E-state index is 0.0614. The number of amides is 1. The van der Waals surface area contributed by atoms with Gasteiger partial charge in [-0.2, -0.15) is 0 Å². The summed E-state index contributed by atoms with van der Waals surface area (Å²) in [6.45, 7) is 3.57. The van der Waals surface area contributed by atoms with Crippen molar-refractivity contribution in [3.05, 3.63) is 34.7 Å². The Kier molecular flexibility index (Phi) is 5.72. The third-order valence-corrected chi connectivity index (χ3v) is 4.83. The molecule has 3 rings (SSSR count). The number of nitrogens with zero attached hydrogens (tertiary/aromatic N) is 3. The van der Waals surface area contributed by atoms with Crippen molar-refractivity contribution in [3.8, 4) is 5.75 Å².